The van der Waals surface area contributed by atoms with Crippen molar-refractivity contribution in [1.82, 2.24) is 9.62 Å². The molecule has 7 nitrogen and oxygen atoms in total. The molecule has 0 aliphatic rings. The van der Waals surface area contributed by atoms with Crippen LogP contribution in [0.2, 0.25) is 0 Å². The van der Waals surface area contributed by atoms with E-state index in [1.165, 1.54) is 36.7 Å². The van der Waals surface area contributed by atoms with E-state index in [4.69, 9.17) is 4.74 Å². The molecule has 8 heteroatoms. The monoisotopic (exact) mass is 392 g/mol. The molecule has 0 unspecified atom stereocenters. The van der Waals surface area contributed by atoms with Crippen molar-refractivity contribution in [3.8, 4) is 11.5 Å². The van der Waals surface area contributed by atoms with Gasteiger partial charge in [-0.1, -0.05) is 12.1 Å². The van der Waals surface area contributed by atoms with Crippen LogP contribution < -0.4 is 10.1 Å². The van der Waals surface area contributed by atoms with Gasteiger partial charge in [0.1, 0.15) is 0 Å². The summed E-state index contributed by atoms with van der Waals surface area (Å²) in [6.45, 7) is 3.76. The van der Waals surface area contributed by atoms with Crippen LogP contribution >= 0.6 is 0 Å². The van der Waals surface area contributed by atoms with E-state index < -0.39 is 15.9 Å². The minimum absolute atomic E-state index is 0.0137. The molecule has 0 spiro atoms. The summed E-state index contributed by atoms with van der Waals surface area (Å²) < 4.78 is 31.5. The van der Waals surface area contributed by atoms with Gasteiger partial charge in [0.15, 0.2) is 11.5 Å². The SMILES string of the molecule is COc1cc(CNC(=O)c2cccc(S(=O)(=O)N(C)C(C)C)c2)ccc1O. The first-order chi connectivity index (χ1) is 12.7. The van der Waals surface area contributed by atoms with Gasteiger partial charge in [-0.2, -0.15) is 4.31 Å². The minimum atomic E-state index is -3.67. The third kappa shape index (κ3) is 4.78. The van der Waals surface area contributed by atoms with E-state index in [0.717, 1.165) is 5.56 Å². The topological polar surface area (TPSA) is 95.9 Å². The number of sulfonamides is 1. The van der Waals surface area contributed by atoms with Gasteiger partial charge in [0, 0.05) is 25.2 Å². The Labute approximate surface area is 159 Å². The number of carbonyl (C=O) groups excluding carboxylic acids is 1. The van der Waals surface area contributed by atoms with E-state index in [0.29, 0.717) is 5.75 Å². The third-order valence-electron chi connectivity index (χ3n) is 4.20. The number of rotatable bonds is 7. The number of ether oxygens (including phenoxy) is 1. The molecule has 0 heterocycles. The van der Waals surface area contributed by atoms with Crippen LogP contribution in [0.25, 0.3) is 0 Å². The fourth-order valence-corrected chi connectivity index (χ4v) is 3.77. The average molecular weight is 392 g/mol. The molecule has 146 valence electrons. The molecule has 0 radical (unpaired) electrons. The molecule has 0 bridgehead atoms. The van der Waals surface area contributed by atoms with Gasteiger partial charge < -0.3 is 15.2 Å². The zero-order chi connectivity index (χ0) is 20.2. The second kappa shape index (κ2) is 8.41. The van der Waals surface area contributed by atoms with Crippen LogP contribution in [0.15, 0.2) is 47.4 Å². The summed E-state index contributed by atoms with van der Waals surface area (Å²) in [4.78, 5) is 12.5. The quantitative estimate of drug-likeness (QED) is 0.754. The molecule has 0 aromatic heterocycles. The maximum Gasteiger partial charge on any atom is 0.251 e. The van der Waals surface area contributed by atoms with Crippen LogP contribution in [0, 0.1) is 0 Å². The van der Waals surface area contributed by atoms with Crippen molar-refractivity contribution in [3.63, 3.8) is 0 Å². The van der Waals surface area contributed by atoms with E-state index in [1.807, 2.05) is 0 Å². The first kappa shape index (κ1) is 20.7. The zero-order valence-electron chi connectivity index (χ0n) is 15.8. The van der Waals surface area contributed by atoms with Gasteiger partial charge in [0.2, 0.25) is 10.0 Å². The summed E-state index contributed by atoms with van der Waals surface area (Å²) in [5.41, 5.74) is 0.986. The molecule has 1 amide bonds. The smallest absolute Gasteiger partial charge is 0.251 e. The van der Waals surface area contributed by atoms with Gasteiger partial charge in [-0.3, -0.25) is 4.79 Å². The van der Waals surface area contributed by atoms with Gasteiger partial charge in [0.05, 0.1) is 12.0 Å². The Morgan fingerprint density at radius 3 is 2.56 bits per heavy atom. The van der Waals surface area contributed by atoms with Gasteiger partial charge in [-0.15, -0.1) is 0 Å². The Hall–Kier alpha value is -2.58. The molecule has 2 aromatic rings. The van der Waals surface area contributed by atoms with Crippen molar-refractivity contribution in [2.45, 2.75) is 31.3 Å². The highest BCUT2D eigenvalue weighted by Crippen LogP contribution is 2.26. The number of methoxy groups -OCH3 is 1. The van der Waals surface area contributed by atoms with Crippen molar-refractivity contribution in [2.24, 2.45) is 0 Å². The maximum atomic E-state index is 12.6. The lowest BCUT2D eigenvalue weighted by Gasteiger charge is -2.21. The van der Waals surface area contributed by atoms with E-state index >= 15 is 0 Å². The highest BCUT2D eigenvalue weighted by Gasteiger charge is 2.23. The van der Waals surface area contributed by atoms with Crippen molar-refractivity contribution in [2.75, 3.05) is 14.2 Å². The number of hydrogen-bond acceptors (Lipinski definition) is 5. The van der Waals surface area contributed by atoms with E-state index in [1.54, 1.807) is 38.1 Å². The van der Waals surface area contributed by atoms with Crippen molar-refractivity contribution in [3.05, 3.63) is 53.6 Å². The lowest BCUT2D eigenvalue weighted by molar-refractivity contribution is 0.0950. The van der Waals surface area contributed by atoms with Crippen molar-refractivity contribution >= 4 is 15.9 Å². The lowest BCUT2D eigenvalue weighted by Crippen LogP contribution is -2.33. The lowest BCUT2D eigenvalue weighted by atomic mass is 10.1. The largest absolute Gasteiger partial charge is 0.504 e. The summed E-state index contributed by atoms with van der Waals surface area (Å²) >= 11 is 0. The summed E-state index contributed by atoms with van der Waals surface area (Å²) in [7, 11) is -0.719. The molecule has 0 saturated carbocycles. The van der Waals surface area contributed by atoms with E-state index in [-0.39, 0.29) is 28.8 Å². The Morgan fingerprint density at radius 2 is 1.93 bits per heavy atom. The second-order valence-electron chi connectivity index (χ2n) is 6.33. The van der Waals surface area contributed by atoms with Crippen LogP contribution in [0.3, 0.4) is 0 Å². The number of amides is 1. The Balaban J connectivity index is 2.16. The van der Waals surface area contributed by atoms with Crippen LogP contribution in [-0.4, -0.2) is 43.9 Å². The standard InChI is InChI=1S/C19H24N2O5S/c1-13(2)21(3)27(24,25)16-7-5-6-15(11-16)19(23)20-12-14-8-9-17(22)18(10-14)26-4/h5-11,13,22H,12H2,1-4H3,(H,20,23). The fourth-order valence-electron chi connectivity index (χ4n) is 2.36. The predicted molar refractivity (Wildman–Crippen MR) is 102 cm³/mol. The zero-order valence-corrected chi connectivity index (χ0v) is 16.6. The first-order valence-electron chi connectivity index (χ1n) is 8.39. The van der Waals surface area contributed by atoms with E-state index in [9.17, 15) is 18.3 Å². The molecule has 27 heavy (non-hydrogen) atoms. The van der Waals surface area contributed by atoms with Crippen LogP contribution in [0.5, 0.6) is 11.5 Å². The molecule has 0 aliphatic heterocycles. The maximum absolute atomic E-state index is 12.6. The summed E-state index contributed by atoms with van der Waals surface area (Å²) in [5.74, 6) is -0.0717. The minimum Gasteiger partial charge on any atom is -0.504 e. The fraction of sp³-hybridized carbons (Fsp3) is 0.316. The number of phenols is 1. The number of hydrogen-bond donors (Lipinski definition) is 2. The first-order valence-corrected chi connectivity index (χ1v) is 9.83. The van der Waals surface area contributed by atoms with Gasteiger partial charge in [0.25, 0.3) is 5.91 Å². The number of nitrogens with zero attached hydrogens (tertiary/aromatic N) is 1. The Morgan fingerprint density at radius 1 is 1.22 bits per heavy atom. The number of aromatic hydroxyl groups is 1. The molecule has 2 N–H and O–H groups in total. The predicted octanol–water partition coefficient (Wildman–Crippen LogP) is 2.36. The summed E-state index contributed by atoms with van der Waals surface area (Å²) in [5, 5.41) is 12.3. The molecule has 2 rings (SSSR count). The van der Waals surface area contributed by atoms with Crippen LogP contribution in [0.1, 0.15) is 29.8 Å². The van der Waals surface area contributed by atoms with E-state index in [2.05, 4.69) is 5.32 Å². The Bertz CT molecular complexity index is 925. The molecule has 2 aromatic carbocycles. The molecule has 0 atom stereocenters. The number of benzene rings is 2. The third-order valence-corrected chi connectivity index (χ3v) is 6.23. The average Bonchev–Trinajstić information content (AvgIpc) is 2.66. The normalized spacial score (nSPS) is 11.6. The Kier molecular flexibility index (Phi) is 6.45. The highest BCUT2D eigenvalue weighted by atomic mass is 32.2. The number of nitrogens with one attached hydrogen (secondary N) is 1. The van der Waals surface area contributed by atoms with Gasteiger partial charge in [-0.25, -0.2) is 8.42 Å². The van der Waals surface area contributed by atoms with Crippen molar-refractivity contribution in [1.29, 1.82) is 0 Å². The molecule has 0 fully saturated rings. The van der Waals surface area contributed by atoms with Crippen LogP contribution in [0.4, 0.5) is 0 Å². The molecular weight excluding hydrogens is 368 g/mol. The molecule has 0 aliphatic carbocycles. The summed E-state index contributed by atoms with van der Waals surface area (Å²) in [6, 6.07) is 10.5. The number of carbonyl (C=O) groups is 1. The van der Waals surface area contributed by atoms with Gasteiger partial charge >= 0.3 is 0 Å². The summed E-state index contributed by atoms with van der Waals surface area (Å²) in [6.07, 6.45) is 0. The molecular formula is C19H24N2O5S. The van der Waals surface area contributed by atoms with Gasteiger partial charge in [-0.05, 0) is 49.7 Å². The van der Waals surface area contributed by atoms with Crippen molar-refractivity contribution < 1.29 is 23.1 Å². The highest BCUT2D eigenvalue weighted by molar-refractivity contribution is 7.89. The number of phenolic OH excluding ortho intramolecular Hbond substituents is 1. The van der Waals surface area contributed by atoms with Crippen LogP contribution in [-0.2, 0) is 16.6 Å². The second-order valence-corrected chi connectivity index (χ2v) is 8.33. The molecule has 0 saturated heterocycles.